The fraction of sp³-hybridized carbons (Fsp3) is 0.667. The number of aliphatic hydroxyl groups is 1. The molecular formula is C12H18F3N3O2. The summed E-state index contributed by atoms with van der Waals surface area (Å²) >= 11 is 0. The van der Waals surface area contributed by atoms with E-state index in [0.717, 1.165) is 10.8 Å². The van der Waals surface area contributed by atoms with Crippen LogP contribution in [0.1, 0.15) is 32.5 Å². The Morgan fingerprint density at radius 2 is 2.15 bits per heavy atom. The highest BCUT2D eigenvalue weighted by atomic mass is 19.4. The Morgan fingerprint density at radius 1 is 1.55 bits per heavy atom. The second kappa shape index (κ2) is 5.82. The van der Waals surface area contributed by atoms with Gasteiger partial charge in [0.2, 0.25) is 11.5 Å². The Morgan fingerprint density at radius 3 is 2.55 bits per heavy atom. The van der Waals surface area contributed by atoms with E-state index in [4.69, 9.17) is 0 Å². The SMILES string of the molecule is CC[C@H](C)NC(=O)C[C@@](O)(c1nccn1C)C(F)(F)F. The van der Waals surface area contributed by atoms with Crippen LogP contribution in [-0.4, -0.2) is 32.8 Å². The Balaban J connectivity index is 3.03. The maximum Gasteiger partial charge on any atom is 0.425 e. The summed E-state index contributed by atoms with van der Waals surface area (Å²) in [5.41, 5.74) is -3.30. The van der Waals surface area contributed by atoms with Crippen LogP contribution in [0.5, 0.6) is 0 Å². The van der Waals surface area contributed by atoms with Crippen LogP contribution in [0.25, 0.3) is 0 Å². The number of carbonyl (C=O) groups excluding carboxylic acids is 1. The summed E-state index contributed by atoms with van der Waals surface area (Å²) in [5, 5.41) is 12.4. The molecule has 8 heteroatoms. The van der Waals surface area contributed by atoms with E-state index in [2.05, 4.69) is 10.3 Å². The zero-order valence-electron chi connectivity index (χ0n) is 11.5. The van der Waals surface area contributed by atoms with Gasteiger partial charge in [-0.3, -0.25) is 4.79 Å². The first-order valence-electron chi connectivity index (χ1n) is 6.18. The van der Waals surface area contributed by atoms with Gasteiger partial charge in [0.1, 0.15) is 0 Å². The summed E-state index contributed by atoms with van der Waals surface area (Å²) in [7, 11) is 1.33. The number of nitrogens with one attached hydrogen (secondary N) is 1. The molecule has 5 nitrogen and oxygen atoms in total. The van der Waals surface area contributed by atoms with Crippen LogP contribution < -0.4 is 5.32 Å². The van der Waals surface area contributed by atoms with Crippen molar-refractivity contribution in [2.75, 3.05) is 0 Å². The number of carbonyl (C=O) groups is 1. The number of hydrogen-bond donors (Lipinski definition) is 2. The van der Waals surface area contributed by atoms with Gasteiger partial charge in [0, 0.05) is 25.5 Å². The van der Waals surface area contributed by atoms with Gasteiger partial charge in [-0.1, -0.05) is 6.92 Å². The molecular weight excluding hydrogens is 275 g/mol. The highest BCUT2D eigenvalue weighted by Crippen LogP contribution is 2.40. The third-order valence-electron chi connectivity index (χ3n) is 3.10. The number of amides is 1. The fourth-order valence-corrected chi connectivity index (χ4v) is 1.73. The maximum absolute atomic E-state index is 13.1. The molecule has 1 aromatic heterocycles. The number of hydrogen-bond acceptors (Lipinski definition) is 3. The van der Waals surface area contributed by atoms with Gasteiger partial charge in [-0.2, -0.15) is 13.2 Å². The fourth-order valence-electron chi connectivity index (χ4n) is 1.73. The Hall–Kier alpha value is -1.57. The first-order valence-corrected chi connectivity index (χ1v) is 6.18. The van der Waals surface area contributed by atoms with Gasteiger partial charge in [0.15, 0.2) is 5.82 Å². The van der Waals surface area contributed by atoms with Crippen molar-refractivity contribution in [1.82, 2.24) is 14.9 Å². The molecule has 0 bridgehead atoms. The predicted octanol–water partition coefficient (Wildman–Crippen LogP) is 1.47. The molecule has 1 heterocycles. The Kier molecular flexibility index (Phi) is 4.80. The van der Waals surface area contributed by atoms with Crippen LogP contribution in [0.15, 0.2) is 12.4 Å². The van der Waals surface area contributed by atoms with Crippen molar-refractivity contribution in [3.8, 4) is 0 Å². The lowest BCUT2D eigenvalue weighted by Gasteiger charge is -2.29. The third kappa shape index (κ3) is 3.30. The maximum atomic E-state index is 13.1. The van der Waals surface area contributed by atoms with Crippen molar-refractivity contribution in [2.24, 2.45) is 7.05 Å². The minimum Gasteiger partial charge on any atom is -0.374 e. The molecule has 0 radical (unpaired) electrons. The van der Waals surface area contributed by atoms with Crippen molar-refractivity contribution in [2.45, 2.75) is 44.5 Å². The molecule has 0 aliphatic rings. The van der Waals surface area contributed by atoms with Gasteiger partial charge >= 0.3 is 6.18 Å². The molecule has 20 heavy (non-hydrogen) atoms. The predicted molar refractivity (Wildman–Crippen MR) is 65.7 cm³/mol. The lowest BCUT2D eigenvalue weighted by molar-refractivity contribution is -0.271. The molecule has 114 valence electrons. The van der Waals surface area contributed by atoms with E-state index in [0.29, 0.717) is 6.42 Å². The third-order valence-corrected chi connectivity index (χ3v) is 3.10. The van der Waals surface area contributed by atoms with Crippen molar-refractivity contribution < 1.29 is 23.1 Å². The highest BCUT2D eigenvalue weighted by Gasteiger charge is 2.58. The summed E-state index contributed by atoms with van der Waals surface area (Å²) < 4.78 is 40.5. The quantitative estimate of drug-likeness (QED) is 0.864. The van der Waals surface area contributed by atoms with Crippen molar-refractivity contribution >= 4 is 5.91 Å². The molecule has 0 saturated heterocycles. The van der Waals surface area contributed by atoms with Crippen LogP contribution in [0.2, 0.25) is 0 Å². The standard InChI is InChI=1S/C12H18F3N3O2/c1-4-8(2)17-9(19)7-11(20,12(13,14)15)10-16-5-6-18(10)3/h5-6,8,20H,4,7H2,1-3H3,(H,17,19)/t8-,11+/m0/s1. The molecule has 0 spiro atoms. The topological polar surface area (TPSA) is 67.2 Å². The van der Waals surface area contributed by atoms with Gasteiger partial charge in [0.25, 0.3) is 0 Å². The summed E-state index contributed by atoms with van der Waals surface area (Å²) in [6.07, 6.45) is -3.12. The number of aromatic nitrogens is 2. The minimum atomic E-state index is -5.00. The van der Waals surface area contributed by atoms with E-state index in [9.17, 15) is 23.1 Å². The van der Waals surface area contributed by atoms with E-state index in [1.165, 1.54) is 13.2 Å². The van der Waals surface area contributed by atoms with E-state index in [1.807, 2.05) is 0 Å². The molecule has 0 aliphatic carbocycles. The number of alkyl halides is 3. The molecule has 1 amide bonds. The zero-order chi connectivity index (χ0) is 15.6. The summed E-state index contributed by atoms with van der Waals surface area (Å²) in [6.45, 7) is 3.46. The minimum absolute atomic E-state index is 0.263. The van der Waals surface area contributed by atoms with Gasteiger partial charge in [-0.05, 0) is 13.3 Å². The molecule has 0 unspecified atom stereocenters. The summed E-state index contributed by atoms with van der Waals surface area (Å²) in [6, 6.07) is -0.263. The normalized spacial score (nSPS) is 16.6. The molecule has 2 N–H and O–H groups in total. The van der Waals surface area contributed by atoms with Crippen LogP contribution in [0, 0.1) is 0 Å². The number of halogens is 3. The zero-order valence-corrected chi connectivity index (χ0v) is 11.5. The van der Waals surface area contributed by atoms with Crippen LogP contribution in [0.4, 0.5) is 13.2 Å². The molecule has 0 aliphatic heterocycles. The van der Waals surface area contributed by atoms with E-state index in [1.54, 1.807) is 13.8 Å². The molecule has 1 aromatic rings. The average molecular weight is 293 g/mol. The first kappa shape index (κ1) is 16.5. The van der Waals surface area contributed by atoms with Gasteiger partial charge in [-0.25, -0.2) is 4.98 Å². The number of aryl methyl sites for hydroxylation is 1. The first-order chi connectivity index (χ1) is 9.11. The van der Waals surface area contributed by atoms with Crippen LogP contribution in [0.3, 0.4) is 0 Å². The molecule has 0 fully saturated rings. The summed E-state index contributed by atoms with van der Waals surface area (Å²) in [4.78, 5) is 15.2. The highest BCUT2D eigenvalue weighted by molar-refractivity contribution is 5.77. The average Bonchev–Trinajstić information content (AvgIpc) is 2.73. The second-order valence-corrected chi connectivity index (χ2v) is 4.77. The van der Waals surface area contributed by atoms with Gasteiger partial charge in [0.05, 0.1) is 6.42 Å². The Labute approximate surface area is 114 Å². The van der Waals surface area contributed by atoms with Crippen LogP contribution >= 0.6 is 0 Å². The molecule has 2 atom stereocenters. The van der Waals surface area contributed by atoms with E-state index in [-0.39, 0.29) is 6.04 Å². The smallest absolute Gasteiger partial charge is 0.374 e. The largest absolute Gasteiger partial charge is 0.425 e. The molecule has 0 aromatic carbocycles. The number of imidazole rings is 1. The van der Waals surface area contributed by atoms with Crippen molar-refractivity contribution in [3.63, 3.8) is 0 Å². The Bertz CT molecular complexity index is 473. The number of rotatable bonds is 5. The lowest BCUT2D eigenvalue weighted by atomic mass is 9.97. The van der Waals surface area contributed by atoms with E-state index < -0.39 is 29.9 Å². The molecule has 1 rings (SSSR count). The van der Waals surface area contributed by atoms with E-state index >= 15 is 0 Å². The van der Waals surface area contributed by atoms with Gasteiger partial charge in [-0.15, -0.1) is 0 Å². The lowest BCUT2D eigenvalue weighted by Crippen LogP contribution is -2.48. The monoisotopic (exact) mass is 293 g/mol. The van der Waals surface area contributed by atoms with Gasteiger partial charge < -0.3 is 15.0 Å². The second-order valence-electron chi connectivity index (χ2n) is 4.77. The summed E-state index contributed by atoms with van der Waals surface area (Å²) in [5.74, 6) is -1.48. The number of nitrogens with zero attached hydrogens (tertiary/aromatic N) is 2. The van der Waals surface area contributed by atoms with Crippen molar-refractivity contribution in [3.05, 3.63) is 18.2 Å². The van der Waals surface area contributed by atoms with Crippen LogP contribution in [-0.2, 0) is 17.4 Å². The molecule has 0 saturated carbocycles. The van der Waals surface area contributed by atoms with Crippen molar-refractivity contribution in [1.29, 1.82) is 0 Å².